The molecule has 1 fully saturated rings. The van der Waals surface area contributed by atoms with Crippen LogP contribution in [0, 0.1) is 0 Å². The minimum atomic E-state index is -0.255. The van der Waals surface area contributed by atoms with Gasteiger partial charge in [0, 0.05) is 32.0 Å². The van der Waals surface area contributed by atoms with Gasteiger partial charge in [0.2, 0.25) is 5.91 Å². The summed E-state index contributed by atoms with van der Waals surface area (Å²) in [5, 5.41) is 7.73. The Balaban J connectivity index is 1.51. The molecule has 1 amide bonds. The van der Waals surface area contributed by atoms with Gasteiger partial charge >= 0.3 is 5.97 Å². The number of nitrogens with one attached hydrogen (secondary N) is 1. The molecule has 1 aromatic rings. The van der Waals surface area contributed by atoms with Gasteiger partial charge < -0.3 is 10.1 Å². The maximum Gasteiger partial charge on any atom is 0.322 e. The SMILES string of the molecule is COC(=O)C(C)N1CCn2nc(CCC(=O)NC3CCCC3)cc2C1. The van der Waals surface area contributed by atoms with E-state index >= 15 is 0 Å². The van der Waals surface area contributed by atoms with Crippen molar-refractivity contribution >= 4 is 11.9 Å². The number of hydrogen-bond donors (Lipinski definition) is 1. The molecule has 7 nitrogen and oxygen atoms in total. The van der Waals surface area contributed by atoms with E-state index in [0.29, 0.717) is 25.4 Å². The van der Waals surface area contributed by atoms with Crippen LogP contribution in [0.25, 0.3) is 0 Å². The molecule has 138 valence electrons. The molecule has 1 aliphatic carbocycles. The average molecular weight is 348 g/mol. The molecule has 1 aliphatic heterocycles. The highest BCUT2D eigenvalue weighted by Gasteiger charge is 2.27. The molecule has 2 heterocycles. The fourth-order valence-electron chi connectivity index (χ4n) is 3.73. The number of methoxy groups -OCH3 is 1. The van der Waals surface area contributed by atoms with E-state index in [9.17, 15) is 9.59 Å². The standard InChI is InChI=1S/C18H28N4O3/c1-13(18(24)25-2)21-9-10-22-16(12-21)11-15(20-22)7-8-17(23)19-14-5-3-4-6-14/h11,13-14H,3-10,12H2,1-2H3,(H,19,23). The number of esters is 1. The van der Waals surface area contributed by atoms with Gasteiger partial charge in [0.1, 0.15) is 6.04 Å². The molecule has 7 heteroatoms. The fraction of sp³-hybridized carbons (Fsp3) is 0.722. The predicted octanol–water partition coefficient (Wildman–Crippen LogP) is 1.25. The zero-order chi connectivity index (χ0) is 17.8. The summed E-state index contributed by atoms with van der Waals surface area (Å²) >= 11 is 0. The van der Waals surface area contributed by atoms with Crippen LogP contribution in [0.15, 0.2) is 6.07 Å². The minimum Gasteiger partial charge on any atom is -0.468 e. The molecular formula is C18H28N4O3. The van der Waals surface area contributed by atoms with Crippen molar-refractivity contribution in [2.45, 2.75) is 70.6 Å². The molecule has 3 rings (SSSR count). The van der Waals surface area contributed by atoms with Crippen molar-refractivity contribution in [2.75, 3.05) is 13.7 Å². The molecule has 0 radical (unpaired) electrons. The highest BCUT2D eigenvalue weighted by atomic mass is 16.5. The number of amides is 1. The number of aryl methyl sites for hydroxylation is 1. The number of ether oxygens (including phenoxy) is 1. The Morgan fingerprint density at radius 3 is 2.84 bits per heavy atom. The van der Waals surface area contributed by atoms with Crippen molar-refractivity contribution in [2.24, 2.45) is 0 Å². The first-order valence-corrected chi connectivity index (χ1v) is 9.23. The van der Waals surface area contributed by atoms with Gasteiger partial charge in [-0.3, -0.25) is 19.2 Å². The molecule has 0 spiro atoms. The molecule has 0 bridgehead atoms. The molecule has 1 saturated carbocycles. The lowest BCUT2D eigenvalue weighted by molar-refractivity contribution is -0.146. The van der Waals surface area contributed by atoms with Gasteiger partial charge in [0.25, 0.3) is 0 Å². The maximum atomic E-state index is 12.1. The van der Waals surface area contributed by atoms with Crippen LogP contribution in [0.4, 0.5) is 0 Å². The fourth-order valence-corrected chi connectivity index (χ4v) is 3.73. The van der Waals surface area contributed by atoms with Crippen LogP contribution in [0.5, 0.6) is 0 Å². The maximum absolute atomic E-state index is 12.1. The highest BCUT2D eigenvalue weighted by molar-refractivity contribution is 5.76. The van der Waals surface area contributed by atoms with Crippen LogP contribution in [0.1, 0.15) is 50.4 Å². The summed E-state index contributed by atoms with van der Waals surface area (Å²) < 4.78 is 6.82. The molecule has 1 aromatic heterocycles. The average Bonchev–Trinajstić information content (AvgIpc) is 3.26. The van der Waals surface area contributed by atoms with E-state index in [-0.39, 0.29) is 17.9 Å². The van der Waals surface area contributed by atoms with E-state index in [2.05, 4.69) is 21.4 Å². The van der Waals surface area contributed by atoms with Crippen molar-refractivity contribution in [3.8, 4) is 0 Å². The number of carbonyl (C=O) groups is 2. The number of nitrogens with zero attached hydrogens (tertiary/aromatic N) is 3. The quantitative estimate of drug-likeness (QED) is 0.783. The number of rotatable bonds is 6. The Bertz CT molecular complexity index is 622. The molecule has 1 N–H and O–H groups in total. The second kappa shape index (κ2) is 7.99. The van der Waals surface area contributed by atoms with E-state index in [0.717, 1.165) is 37.3 Å². The molecular weight excluding hydrogens is 320 g/mol. The third kappa shape index (κ3) is 4.39. The van der Waals surface area contributed by atoms with Gasteiger partial charge in [-0.05, 0) is 25.8 Å². The number of hydrogen-bond acceptors (Lipinski definition) is 5. The Morgan fingerprint density at radius 1 is 1.36 bits per heavy atom. The summed E-state index contributed by atoms with van der Waals surface area (Å²) in [6, 6.07) is 2.17. The largest absolute Gasteiger partial charge is 0.468 e. The number of aromatic nitrogens is 2. The zero-order valence-corrected chi connectivity index (χ0v) is 15.2. The van der Waals surface area contributed by atoms with Crippen LogP contribution in [-0.4, -0.2) is 52.3 Å². The van der Waals surface area contributed by atoms with Gasteiger partial charge in [0.15, 0.2) is 0 Å². The molecule has 25 heavy (non-hydrogen) atoms. The van der Waals surface area contributed by atoms with Crippen molar-refractivity contribution in [1.82, 2.24) is 20.0 Å². The Kier molecular flexibility index (Phi) is 5.73. The van der Waals surface area contributed by atoms with Crippen LogP contribution >= 0.6 is 0 Å². The van der Waals surface area contributed by atoms with Crippen molar-refractivity contribution in [1.29, 1.82) is 0 Å². The minimum absolute atomic E-state index is 0.124. The van der Waals surface area contributed by atoms with Crippen molar-refractivity contribution in [3.63, 3.8) is 0 Å². The lowest BCUT2D eigenvalue weighted by Crippen LogP contribution is -2.44. The van der Waals surface area contributed by atoms with Crippen molar-refractivity contribution < 1.29 is 14.3 Å². The van der Waals surface area contributed by atoms with E-state index in [1.807, 2.05) is 11.6 Å². The monoisotopic (exact) mass is 348 g/mol. The Hall–Kier alpha value is -1.89. The first-order chi connectivity index (χ1) is 12.1. The molecule has 0 aromatic carbocycles. The zero-order valence-electron chi connectivity index (χ0n) is 15.2. The molecule has 2 aliphatic rings. The summed E-state index contributed by atoms with van der Waals surface area (Å²) in [7, 11) is 1.42. The number of carbonyl (C=O) groups excluding carboxylic acids is 2. The summed E-state index contributed by atoms with van der Waals surface area (Å²) in [5.41, 5.74) is 2.04. The summed E-state index contributed by atoms with van der Waals surface area (Å²) in [5.74, 6) is -0.0874. The van der Waals surface area contributed by atoms with Crippen molar-refractivity contribution in [3.05, 3.63) is 17.5 Å². The third-order valence-corrected chi connectivity index (χ3v) is 5.30. The lowest BCUT2D eigenvalue weighted by Gasteiger charge is -2.31. The summed E-state index contributed by atoms with van der Waals surface area (Å²) in [6.07, 6.45) is 5.80. The molecule has 1 atom stereocenters. The van der Waals surface area contributed by atoms with Crippen LogP contribution in [-0.2, 0) is 33.8 Å². The lowest BCUT2D eigenvalue weighted by atomic mass is 10.1. The van der Waals surface area contributed by atoms with Crippen LogP contribution < -0.4 is 5.32 Å². The Labute approximate surface area is 148 Å². The van der Waals surface area contributed by atoms with E-state index < -0.39 is 0 Å². The summed E-state index contributed by atoms with van der Waals surface area (Å²) in [6.45, 7) is 4.07. The van der Waals surface area contributed by atoms with Gasteiger partial charge in [-0.1, -0.05) is 12.8 Å². The third-order valence-electron chi connectivity index (χ3n) is 5.30. The predicted molar refractivity (Wildman–Crippen MR) is 92.8 cm³/mol. The Morgan fingerprint density at radius 2 is 2.12 bits per heavy atom. The molecule has 1 unspecified atom stereocenters. The van der Waals surface area contributed by atoms with Gasteiger partial charge in [-0.2, -0.15) is 5.10 Å². The topological polar surface area (TPSA) is 76.5 Å². The first kappa shape index (κ1) is 17.9. The van der Waals surface area contributed by atoms with E-state index in [4.69, 9.17) is 4.74 Å². The molecule has 0 saturated heterocycles. The van der Waals surface area contributed by atoms with E-state index in [1.165, 1.54) is 20.0 Å². The van der Waals surface area contributed by atoms with Crippen LogP contribution in [0.2, 0.25) is 0 Å². The second-order valence-corrected chi connectivity index (χ2v) is 7.07. The van der Waals surface area contributed by atoms with Gasteiger partial charge in [0.05, 0.1) is 25.0 Å². The van der Waals surface area contributed by atoms with E-state index in [1.54, 1.807) is 0 Å². The summed E-state index contributed by atoms with van der Waals surface area (Å²) in [4.78, 5) is 25.9. The number of fused-ring (bicyclic) bond motifs is 1. The normalized spacial score (nSPS) is 19.4. The highest BCUT2D eigenvalue weighted by Crippen LogP contribution is 2.19. The first-order valence-electron chi connectivity index (χ1n) is 9.23. The van der Waals surface area contributed by atoms with Gasteiger partial charge in [-0.15, -0.1) is 0 Å². The van der Waals surface area contributed by atoms with Crippen LogP contribution in [0.3, 0.4) is 0 Å². The second-order valence-electron chi connectivity index (χ2n) is 7.07. The van der Waals surface area contributed by atoms with Gasteiger partial charge in [-0.25, -0.2) is 0 Å². The smallest absolute Gasteiger partial charge is 0.322 e.